The first-order chi connectivity index (χ1) is 15.4. The number of imidazole rings is 1. The first kappa shape index (κ1) is 21.9. The molecule has 10 nitrogen and oxygen atoms in total. The normalized spacial score (nSPS) is 14.3. The molecule has 1 aromatic carbocycles. The average molecular weight is 457 g/mol. The average Bonchev–Trinajstić information content (AvgIpc) is 3.26. The van der Waals surface area contributed by atoms with Gasteiger partial charge in [-0.25, -0.2) is 23.4 Å². The van der Waals surface area contributed by atoms with Crippen LogP contribution in [0.5, 0.6) is 0 Å². The molecule has 0 unspecified atom stereocenters. The molecular weight excluding hydrogens is 432 g/mol. The lowest BCUT2D eigenvalue weighted by molar-refractivity contribution is -0.116. The molecule has 11 heteroatoms. The number of rotatable bonds is 7. The molecule has 0 atom stereocenters. The van der Waals surface area contributed by atoms with Crippen LogP contribution >= 0.6 is 0 Å². The van der Waals surface area contributed by atoms with E-state index in [0.717, 1.165) is 5.56 Å². The zero-order valence-corrected chi connectivity index (χ0v) is 18.5. The van der Waals surface area contributed by atoms with E-state index in [4.69, 9.17) is 4.74 Å². The van der Waals surface area contributed by atoms with E-state index in [2.05, 4.69) is 25.2 Å². The maximum Gasteiger partial charge on any atom is 0.244 e. The van der Waals surface area contributed by atoms with Crippen molar-refractivity contribution in [3.63, 3.8) is 0 Å². The highest BCUT2D eigenvalue weighted by molar-refractivity contribution is 7.89. The van der Waals surface area contributed by atoms with Crippen LogP contribution in [-0.2, 0) is 31.7 Å². The second-order valence-corrected chi connectivity index (χ2v) is 9.71. The van der Waals surface area contributed by atoms with Crippen molar-refractivity contribution in [1.29, 1.82) is 0 Å². The van der Waals surface area contributed by atoms with E-state index in [1.54, 1.807) is 53.6 Å². The standard InChI is InChI=1S/C21H24N6O4S/c1-32(29,30)14-18-12-19(27-8-10-31-11-9-27)25-21(24-18)16-2-4-17(5-3-16)23-20(28)13-26-7-6-22-15-26/h2-7,12,15H,8-11,13-14H2,1H3,(H,23,28). The molecule has 3 aromatic rings. The van der Waals surface area contributed by atoms with Crippen molar-refractivity contribution in [3.8, 4) is 11.4 Å². The summed E-state index contributed by atoms with van der Waals surface area (Å²) in [6.45, 7) is 2.71. The van der Waals surface area contributed by atoms with Gasteiger partial charge in [0.15, 0.2) is 15.7 Å². The third-order valence-corrected chi connectivity index (χ3v) is 5.64. The zero-order chi connectivity index (χ0) is 22.6. The van der Waals surface area contributed by atoms with Crippen LogP contribution in [0.25, 0.3) is 11.4 Å². The Kier molecular flexibility index (Phi) is 6.47. The monoisotopic (exact) mass is 456 g/mol. The second-order valence-electron chi connectivity index (χ2n) is 7.57. The van der Waals surface area contributed by atoms with Gasteiger partial charge < -0.3 is 19.5 Å². The van der Waals surface area contributed by atoms with Gasteiger partial charge in [0.25, 0.3) is 0 Å². The molecule has 0 aliphatic carbocycles. The molecule has 0 spiro atoms. The lowest BCUT2D eigenvalue weighted by atomic mass is 10.2. The van der Waals surface area contributed by atoms with E-state index < -0.39 is 9.84 Å². The first-order valence-electron chi connectivity index (χ1n) is 10.1. The molecule has 0 saturated carbocycles. The van der Waals surface area contributed by atoms with Gasteiger partial charge in [-0.05, 0) is 24.3 Å². The number of nitrogens with one attached hydrogen (secondary N) is 1. The van der Waals surface area contributed by atoms with E-state index in [0.29, 0.717) is 49.3 Å². The summed E-state index contributed by atoms with van der Waals surface area (Å²) >= 11 is 0. The fourth-order valence-electron chi connectivity index (χ4n) is 3.36. The number of ether oxygens (including phenoxy) is 1. The highest BCUT2D eigenvalue weighted by atomic mass is 32.2. The van der Waals surface area contributed by atoms with Crippen molar-refractivity contribution < 1.29 is 17.9 Å². The third-order valence-electron chi connectivity index (χ3n) is 4.82. The number of morpholine rings is 1. The molecule has 1 N–H and O–H groups in total. The SMILES string of the molecule is CS(=O)(=O)Cc1cc(N2CCOCC2)nc(-c2ccc(NC(=O)Cn3ccnc3)cc2)n1. The largest absolute Gasteiger partial charge is 0.378 e. The molecule has 1 amide bonds. The zero-order valence-electron chi connectivity index (χ0n) is 17.6. The summed E-state index contributed by atoms with van der Waals surface area (Å²) in [4.78, 5) is 27.3. The number of carbonyl (C=O) groups is 1. The molecule has 0 bridgehead atoms. The summed E-state index contributed by atoms with van der Waals surface area (Å²) < 4.78 is 30.8. The van der Waals surface area contributed by atoms with Crippen LogP contribution in [0.3, 0.4) is 0 Å². The first-order valence-corrected chi connectivity index (χ1v) is 12.2. The molecule has 0 radical (unpaired) electrons. The van der Waals surface area contributed by atoms with Gasteiger partial charge >= 0.3 is 0 Å². The van der Waals surface area contributed by atoms with Crippen molar-refractivity contribution in [1.82, 2.24) is 19.5 Å². The molecule has 1 fully saturated rings. The van der Waals surface area contributed by atoms with E-state index in [1.807, 2.05) is 0 Å². The highest BCUT2D eigenvalue weighted by Gasteiger charge is 2.17. The predicted molar refractivity (Wildman–Crippen MR) is 120 cm³/mol. The molecule has 1 aliphatic rings. The number of aromatic nitrogens is 4. The van der Waals surface area contributed by atoms with E-state index in [-0.39, 0.29) is 18.2 Å². The van der Waals surface area contributed by atoms with Gasteiger partial charge in [0.05, 0.1) is 31.0 Å². The minimum Gasteiger partial charge on any atom is -0.378 e. The number of nitrogens with zero attached hydrogens (tertiary/aromatic N) is 5. The Morgan fingerprint density at radius 1 is 1.16 bits per heavy atom. The van der Waals surface area contributed by atoms with Gasteiger partial charge in [0.1, 0.15) is 12.4 Å². The van der Waals surface area contributed by atoms with Gasteiger partial charge in [-0.1, -0.05) is 0 Å². The Balaban J connectivity index is 1.55. The smallest absolute Gasteiger partial charge is 0.244 e. The predicted octanol–water partition coefficient (Wildman–Crippen LogP) is 1.36. The summed E-state index contributed by atoms with van der Waals surface area (Å²) in [5, 5.41) is 2.83. The van der Waals surface area contributed by atoms with Gasteiger partial charge in [0.2, 0.25) is 5.91 Å². The number of sulfone groups is 1. The summed E-state index contributed by atoms with van der Waals surface area (Å²) in [7, 11) is -3.25. The third kappa shape index (κ3) is 5.89. The van der Waals surface area contributed by atoms with Crippen molar-refractivity contribution >= 4 is 27.2 Å². The topological polar surface area (TPSA) is 119 Å². The summed E-state index contributed by atoms with van der Waals surface area (Å²) in [6.07, 6.45) is 6.10. The maximum atomic E-state index is 12.2. The number of carbonyl (C=O) groups excluding carboxylic acids is 1. The number of anilines is 2. The lowest BCUT2D eigenvalue weighted by Crippen LogP contribution is -2.37. The molecule has 4 rings (SSSR count). The quantitative estimate of drug-likeness (QED) is 0.566. The number of benzene rings is 1. The van der Waals surface area contributed by atoms with E-state index >= 15 is 0 Å². The Hall–Kier alpha value is -3.31. The summed E-state index contributed by atoms with van der Waals surface area (Å²) in [6, 6.07) is 8.86. The van der Waals surface area contributed by atoms with E-state index in [9.17, 15) is 13.2 Å². The van der Waals surface area contributed by atoms with Gasteiger partial charge in [-0.3, -0.25) is 4.79 Å². The maximum absolute atomic E-state index is 12.2. The van der Waals surface area contributed by atoms with Gasteiger partial charge in [-0.15, -0.1) is 0 Å². The lowest BCUT2D eigenvalue weighted by Gasteiger charge is -2.28. The molecule has 2 aromatic heterocycles. The van der Waals surface area contributed by atoms with Crippen LogP contribution in [0.2, 0.25) is 0 Å². The number of hydrogen-bond donors (Lipinski definition) is 1. The number of amides is 1. The number of hydrogen-bond acceptors (Lipinski definition) is 8. The van der Waals surface area contributed by atoms with Crippen LogP contribution < -0.4 is 10.2 Å². The minimum atomic E-state index is -3.25. The highest BCUT2D eigenvalue weighted by Crippen LogP contribution is 2.23. The fraction of sp³-hybridized carbons (Fsp3) is 0.333. The van der Waals surface area contributed by atoms with E-state index in [1.165, 1.54) is 6.26 Å². The Morgan fingerprint density at radius 2 is 1.91 bits per heavy atom. The van der Waals surface area contributed by atoms with Crippen molar-refractivity contribution in [3.05, 3.63) is 54.7 Å². The van der Waals surface area contributed by atoms with Crippen LogP contribution in [-0.4, -0.2) is 66.4 Å². The van der Waals surface area contributed by atoms with Gasteiger partial charge in [-0.2, -0.15) is 0 Å². The molecule has 1 aliphatic heterocycles. The summed E-state index contributed by atoms with van der Waals surface area (Å²) in [5.41, 5.74) is 1.80. The molecule has 32 heavy (non-hydrogen) atoms. The Bertz CT molecular complexity index is 1170. The molecule has 3 heterocycles. The van der Waals surface area contributed by atoms with Gasteiger partial charge in [0, 0.05) is 49.1 Å². The molecule has 1 saturated heterocycles. The van der Waals surface area contributed by atoms with Crippen LogP contribution in [0, 0.1) is 0 Å². The van der Waals surface area contributed by atoms with Crippen LogP contribution in [0.4, 0.5) is 11.5 Å². The van der Waals surface area contributed by atoms with Crippen molar-refractivity contribution in [2.45, 2.75) is 12.3 Å². The Morgan fingerprint density at radius 3 is 2.56 bits per heavy atom. The Labute approximate surface area is 186 Å². The molecular formula is C21H24N6O4S. The minimum absolute atomic E-state index is 0.164. The summed E-state index contributed by atoms with van der Waals surface area (Å²) in [5.74, 6) is 0.776. The van der Waals surface area contributed by atoms with Crippen molar-refractivity contribution in [2.24, 2.45) is 0 Å². The fourth-order valence-corrected chi connectivity index (χ4v) is 4.04. The molecule has 168 valence electrons. The van der Waals surface area contributed by atoms with Crippen molar-refractivity contribution in [2.75, 3.05) is 42.8 Å². The second kappa shape index (κ2) is 9.45. The van der Waals surface area contributed by atoms with Crippen LogP contribution in [0.1, 0.15) is 5.69 Å². The van der Waals surface area contributed by atoms with Crippen LogP contribution in [0.15, 0.2) is 49.1 Å².